The van der Waals surface area contributed by atoms with Gasteiger partial charge in [0.15, 0.2) is 17.1 Å². The molecule has 3 aromatic rings. The average molecular weight is 459 g/mol. The number of hydrogen-bond donors (Lipinski definition) is 1. The van der Waals surface area contributed by atoms with Gasteiger partial charge < -0.3 is 14.6 Å². The Balaban J connectivity index is 1.64. The molecule has 0 aliphatic heterocycles. The number of aryl methyl sites for hydroxylation is 3. The fourth-order valence-corrected chi connectivity index (χ4v) is 4.25. The van der Waals surface area contributed by atoms with E-state index in [-0.39, 0.29) is 17.8 Å². The SMILES string of the molecule is CCn1c(SCC(=O)Nc2cc(C)cc(C)c2)nnc1C(C)Oc1ccc(Cl)c(C)c1. The summed E-state index contributed by atoms with van der Waals surface area (Å²) in [6.45, 7) is 10.6. The number of carbonyl (C=O) groups excluding carboxylic acids is 1. The normalized spacial score (nSPS) is 11.9. The highest BCUT2D eigenvalue weighted by Gasteiger charge is 2.19. The van der Waals surface area contributed by atoms with E-state index in [9.17, 15) is 4.79 Å². The van der Waals surface area contributed by atoms with Crippen LogP contribution in [0.3, 0.4) is 0 Å². The summed E-state index contributed by atoms with van der Waals surface area (Å²) in [5.41, 5.74) is 3.99. The second kappa shape index (κ2) is 10.2. The first-order valence-corrected chi connectivity index (χ1v) is 11.5. The highest BCUT2D eigenvalue weighted by Crippen LogP contribution is 2.27. The molecule has 0 spiro atoms. The number of amides is 1. The maximum atomic E-state index is 12.4. The van der Waals surface area contributed by atoms with Crippen LogP contribution in [-0.2, 0) is 11.3 Å². The number of thioether (sulfide) groups is 1. The summed E-state index contributed by atoms with van der Waals surface area (Å²) in [5, 5.41) is 12.9. The van der Waals surface area contributed by atoms with Crippen LogP contribution in [0.5, 0.6) is 5.75 Å². The van der Waals surface area contributed by atoms with E-state index in [1.807, 2.05) is 69.5 Å². The number of nitrogens with one attached hydrogen (secondary N) is 1. The summed E-state index contributed by atoms with van der Waals surface area (Å²) in [6, 6.07) is 11.5. The van der Waals surface area contributed by atoms with Crippen LogP contribution in [-0.4, -0.2) is 26.4 Å². The van der Waals surface area contributed by atoms with Gasteiger partial charge in [0, 0.05) is 17.3 Å². The predicted octanol–water partition coefficient (Wildman–Crippen LogP) is 5.75. The zero-order valence-corrected chi connectivity index (χ0v) is 20.0. The quantitative estimate of drug-likeness (QED) is 0.435. The molecule has 0 saturated heterocycles. The largest absolute Gasteiger partial charge is 0.483 e. The first kappa shape index (κ1) is 23.2. The van der Waals surface area contributed by atoms with E-state index >= 15 is 0 Å². The van der Waals surface area contributed by atoms with Crippen LogP contribution in [0.2, 0.25) is 5.02 Å². The van der Waals surface area contributed by atoms with Crippen molar-refractivity contribution in [1.82, 2.24) is 14.8 Å². The van der Waals surface area contributed by atoms with Crippen LogP contribution in [0.4, 0.5) is 5.69 Å². The fourth-order valence-electron chi connectivity index (χ4n) is 3.33. The van der Waals surface area contributed by atoms with Gasteiger partial charge in [-0.05, 0) is 81.6 Å². The zero-order valence-electron chi connectivity index (χ0n) is 18.4. The van der Waals surface area contributed by atoms with Crippen molar-refractivity contribution in [2.24, 2.45) is 0 Å². The molecule has 1 N–H and O–H groups in total. The van der Waals surface area contributed by atoms with Crippen LogP contribution < -0.4 is 10.1 Å². The zero-order chi connectivity index (χ0) is 22.5. The Bertz CT molecular complexity index is 1060. The first-order chi connectivity index (χ1) is 14.8. The van der Waals surface area contributed by atoms with Gasteiger partial charge in [-0.1, -0.05) is 29.4 Å². The van der Waals surface area contributed by atoms with Crippen LogP contribution in [0.1, 0.15) is 42.5 Å². The molecular formula is C23H27ClN4O2S. The molecule has 0 saturated carbocycles. The van der Waals surface area contributed by atoms with Crippen molar-refractivity contribution < 1.29 is 9.53 Å². The van der Waals surface area contributed by atoms with E-state index in [1.54, 1.807) is 0 Å². The number of hydrogen-bond acceptors (Lipinski definition) is 5. The number of ether oxygens (including phenoxy) is 1. The minimum absolute atomic E-state index is 0.0804. The van der Waals surface area contributed by atoms with E-state index < -0.39 is 0 Å². The summed E-state index contributed by atoms with van der Waals surface area (Å²) in [6.07, 6.45) is -0.300. The molecule has 0 radical (unpaired) electrons. The molecule has 0 aliphatic carbocycles. The summed E-state index contributed by atoms with van der Waals surface area (Å²) >= 11 is 7.46. The predicted molar refractivity (Wildman–Crippen MR) is 126 cm³/mol. The molecule has 3 rings (SSSR count). The lowest BCUT2D eigenvalue weighted by molar-refractivity contribution is -0.113. The minimum Gasteiger partial charge on any atom is -0.483 e. The van der Waals surface area contributed by atoms with Crippen molar-refractivity contribution in [2.75, 3.05) is 11.1 Å². The first-order valence-electron chi connectivity index (χ1n) is 10.1. The molecule has 1 heterocycles. The molecular weight excluding hydrogens is 432 g/mol. The molecule has 6 nitrogen and oxygen atoms in total. The summed E-state index contributed by atoms with van der Waals surface area (Å²) in [5.74, 6) is 1.61. The van der Waals surface area contributed by atoms with Gasteiger partial charge in [-0.2, -0.15) is 0 Å². The van der Waals surface area contributed by atoms with E-state index in [4.69, 9.17) is 16.3 Å². The van der Waals surface area contributed by atoms with Gasteiger partial charge in [-0.3, -0.25) is 4.79 Å². The van der Waals surface area contributed by atoms with Crippen LogP contribution in [0.15, 0.2) is 41.6 Å². The smallest absolute Gasteiger partial charge is 0.234 e. The van der Waals surface area contributed by atoms with E-state index in [1.165, 1.54) is 11.8 Å². The Morgan fingerprint density at radius 1 is 1.16 bits per heavy atom. The van der Waals surface area contributed by atoms with Gasteiger partial charge in [0.1, 0.15) is 5.75 Å². The molecule has 0 bridgehead atoms. The highest BCUT2D eigenvalue weighted by molar-refractivity contribution is 7.99. The van der Waals surface area contributed by atoms with Crippen molar-refractivity contribution in [3.05, 3.63) is 63.9 Å². The van der Waals surface area contributed by atoms with E-state index in [2.05, 4.69) is 21.6 Å². The average Bonchev–Trinajstić information content (AvgIpc) is 3.11. The van der Waals surface area contributed by atoms with Gasteiger partial charge in [0.2, 0.25) is 5.91 Å². The fraction of sp³-hybridized carbons (Fsp3) is 0.348. The van der Waals surface area contributed by atoms with Crippen molar-refractivity contribution in [1.29, 1.82) is 0 Å². The van der Waals surface area contributed by atoms with Gasteiger partial charge in [0.25, 0.3) is 0 Å². The Labute approximate surface area is 192 Å². The molecule has 1 unspecified atom stereocenters. The number of carbonyl (C=O) groups is 1. The third-order valence-electron chi connectivity index (χ3n) is 4.71. The monoisotopic (exact) mass is 458 g/mol. The van der Waals surface area contributed by atoms with Crippen molar-refractivity contribution in [3.8, 4) is 5.75 Å². The topological polar surface area (TPSA) is 69.0 Å². The summed E-state index contributed by atoms with van der Waals surface area (Å²) < 4.78 is 8.02. The maximum Gasteiger partial charge on any atom is 0.234 e. The maximum absolute atomic E-state index is 12.4. The van der Waals surface area contributed by atoms with Gasteiger partial charge in [-0.15, -0.1) is 10.2 Å². The second-order valence-corrected chi connectivity index (χ2v) is 8.82. The molecule has 1 amide bonds. The van der Waals surface area contributed by atoms with Crippen LogP contribution in [0.25, 0.3) is 0 Å². The molecule has 31 heavy (non-hydrogen) atoms. The molecule has 0 fully saturated rings. The lowest BCUT2D eigenvalue weighted by Gasteiger charge is -2.16. The number of aromatic nitrogens is 3. The Morgan fingerprint density at radius 3 is 2.52 bits per heavy atom. The number of halogens is 1. The van der Waals surface area contributed by atoms with Gasteiger partial charge in [-0.25, -0.2) is 0 Å². The third-order valence-corrected chi connectivity index (χ3v) is 6.10. The lowest BCUT2D eigenvalue weighted by Crippen LogP contribution is -2.15. The molecule has 2 aromatic carbocycles. The number of benzene rings is 2. The lowest BCUT2D eigenvalue weighted by atomic mass is 10.1. The third kappa shape index (κ3) is 6.02. The molecule has 0 aliphatic rings. The van der Waals surface area contributed by atoms with Crippen molar-refractivity contribution >= 4 is 35.0 Å². The Hall–Kier alpha value is -2.51. The molecule has 164 valence electrons. The summed E-state index contributed by atoms with van der Waals surface area (Å²) in [4.78, 5) is 12.4. The second-order valence-electron chi connectivity index (χ2n) is 7.47. The number of anilines is 1. The highest BCUT2D eigenvalue weighted by atomic mass is 35.5. The van der Waals surface area contributed by atoms with Gasteiger partial charge in [0.05, 0.1) is 5.75 Å². The summed E-state index contributed by atoms with van der Waals surface area (Å²) in [7, 11) is 0. The van der Waals surface area contributed by atoms with E-state index in [0.717, 1.165) is 28.1 Å². The van der Waals surface area contributed by atoms with Crippen molar-refractivity contribution in [2.45, 2.75) is 52.4 Å². The van der Waals surface area contributed by atoms with Gasteiger partial charge >= 0.3 is 0 Å². The number of nitrogens with zero attached hydrogens (tertiary/aromatic N) is 3. The minimum atomic E-state index is -0.300. The van der Waals surface area contributed by atoms with Crippen molar-refractivity contribution in [3.63, 3.8) is 0 Å². The van der Waals surface area contributed by atoms with Crippen LogP contribution in [0, 0.1) is 20.8 Å². The standard InChI is InChI=1S/C23H27ClN4O2S/c1-6-28-22(17(5)30-19-7-8-20(24)16(4)12-19)26-27-23(28)31-13-21(29)25-18-10-14(2)9-15(3)11-18/h7-12,17H,6,13H2,1-5H3,(H,25,29). The number of rotatable bonds is 8. The van der Waals surface area contributed by atoms with Crippen LogP contribution >= 0.6 is 23.4 Å². The molecule has 8 heteroatoms. The molecule has 1 atom stereocenters. The Morgan fingerprint density at radius 2 is 1.87 bits per heavy atom. The van der Waals surface area contributed by atoms with E-state index in [0.29, 0.717) is 22.5 Å². The molecule has 1 aromatic heterocycles. The Kier molecular flexibility index (Phi) is 7.62.